The molecule has 0 fully saturated rings. The number of para-hydroxylation sites is 2. The van der Waals surface area contributed by atoms with E-state index in [-0.39, 0.29) is 0 Å². The quantitative estimate of drug-likeness (QED) is 0.562. The molecule has 104 valence electrons. The van der Waals surface area contributed by atoms with Crippen LogP contribution in [-0.2, 0) is 0 Å². The summed E-state index contributed by atoms with van der Waals surface area (Å²) in [6, 6.07) is 18.2. The highest BCUT2D eigenvalue weighted by molar-refractivity contribution is 5.88. The van der Waals surface area contributed by atoms with Crippen LogP contribution in [0.4, 0.5) is 5.69 Å². The van der Waals surface area contributed by atoms with E-state index in [1.807, 2.05) is 42.5 Å². The van der Waals surface area contributed by atoms with Crippen LogP contribution in [-0.4, -0.2) is 10.8 Å². The second kappa shape index (κ2) is 5.37. The molecule has 0 spiro atoms. The molecule has 0 unspecified atom stereocenters. The molecule has 1 heterocycles. The van der Waals surface area contributed by atoms with E-state index in [2.05, 4.69) is 24.0 Å². The van der Waals surface area contributed by atoms with Crippen LogP contribution in [0.25, 0.3) is 22.2 Å². The number of fused-ring (bicyclic) bond motifs is 1. The fraction of sp³-hybridized carbons (Fsp3) is 0.111. The lowest BCUT2D eigenvalue weighted by Gasteiger charge is -2.09. The molecule has 0 aliphatic heterocycles. The number of nitrogens with two attached hydrogens (primary N) is 1. The number of benzene rings is 2. The fourth-order valence-electron chi connectivity index (χ4n) is 2.47. The minimum Gasteiger partial charge on any atom is -0.387 e. The summed E-state index contributed by atoms with van der Waals surface area (Å²) < 4.78 is 0. The number of hydrogen-bond donors (Lipinski definition) is 1. The number of amidine groups is 1. The molecule has 0 aliphatic carbocycles. The van der Waals surface area contributed by atoms with Gasteiger partial charge in [0.25, 0.3) is 0 Å². The van der Waals surface area contributed by atoms with E-state index in [4.69, 9.17) is 10.7 Å². The van der Waals surface area contributed by atoms with E-state index in [9.17, 15) is 0 Å². The molecule has 1 aromatic heterocycles. The fourth-order valence-corrected chi connectivity index (χ4v) is 2.47. The van der Waals surface area contributed by atoms with Crippen molar-refractivity contribution in [2.24, 2.45) is 10.7 Å². The summed E-state index contributed by atoms with van der Waals surface area (Å²) in [6.07, 6.45) is 0. The molecule has 0 bridgehead atoms. The van der Waals surface area contributed by atoms with Crippen LogP contribution in [0, 0.1) is 6.92 Å². The van der Waals surface area contributed by atoms with Crippen LogP contribution in [0.3, 0.4) is 0 Å². The van der Waals surface area contributed by atoms with Gasteiger partial charge in [0.15, 0.2) is 0 Å². The highest BCUT2D eigenvalue weighted by Crippen LogP contribution is 2.31. The predicted molar refractivity (Wildman–Crippen MR) is 88.9 cm³/mol. The van der Waals surface area contributed by atoms with Gasteiger partial charge in [-0.15, -0.1) is 0 Å². The van der Waals surface area contributed by atoms with Crippen molar-refractivity contribution in [2.75, 3.05) is 0 Å². The van der Waals surface area contributed by atoms with Gasteiger partial charge in [-0.3, -0.25) is 0 Å². The first-order valence-corrected chi connectivity index (χ1v) is 6.92. The Morgan fingerprint density at radius 1 is 1.05 bits per heavy atom. The van der Waals surface area contributed by atoms with E-state index < -0.39 is 0 Å². The summed E-state index contributed by atoms with van der Waals surface area (Å²) in [6.45, 7) is 3.89. The summed E-state index contributed by atoms with van der Waals surface area (Å²) in [7, 11) is 0. The third-order valence-electron chi connectivity index (χ3n) is 3.40. The van der Waals surface area contributed by atoms with Crippen molar-refractivity contribution in [3.8, 4) is 11.3 Å². The average molecular weight is 275 g/mol. The monoisotopic (exact) mass is 275 g/mol. The lowest BCUT2D eigenvalue weighted by Crippen LogP contribution is -2.04. The largest absolute Gasteiger partial charge is 0.387 e. The third-order valence-corrected chi connectivity index (χ3v) is 3.40. The van der Waals surface area contributed by atoms with Crippen LogP contribution >= 0.6 is 0 Å². The zero-order valence-corrected chi connectivity index (χ0v) is 12.2. The van der Waals surface area contributed by atoms with E-state index in [0.29, 0.717) is 5.84 Å². The molecule has 3 nitrogen and oxygen atoms in total. The predicted octanol–water partition coefficient (Wildman–Crippen LogP) is 4.22. The summed E-state index contributed by atoms with van der Waals surface area (Å²) >= 11 is 0. The zero-order chi connectivity index (χ0) is 14.8. The Morgan fingerprint density at radius 2 is 1.76 bits per heavy atom. The van der Waals surface area contributed by atoms with E-state index >= 15 is 0 Å². The van der Waals surface area contributed by atoms with Crippen molar-refractivity contribution in [3.05, 3.63) is 60.2 Å². The first-order valence-electron chi connectivity index (χ1n) is 6.92. The van der Waals surface area contributed by atoms with Gasteiger partial charge in [-0.05, 0) is 37.6 Å². The van der Waals surface area contributed by atoms with Gasteiger partial charge in [0.05, 0.1) is 22.7 Å². The number of pyridine rings is 1. The van der Waals surface area contributed by atoms with Gasteiger partial charge < -0.3 is 5.73 Å². The number of aliphatic imine (C=N–C) groups is 1. The molecule has 0 saturated carbocycles. The molecule has 2 aromatic carbocycles. The highest BCUT2D eigenvalue weighted by atomic mass is 14.9. The van der Waals surface area contributed by atoms with E-state index in [1.54, 1.807) is 6.92 Å². The maximum absolute atomic E-state index is 5.72. The molecular formula is C18H17N3. The maximum Gasteiger partial charge on any atom is 0.0965 e. The van der Waals surface area contributed by atoms with Crippen LogP contribution in [0.15, 0.2) is 59.6 Å². The summed E-state index contributed by atoms with van der Waals surface area (Å²) in [5.74, 6) is 0.542. The van der Waals surface area contributed by atoms with Crippen molar-refractivity contribution in [1.29, 1.82) is 0 Å². The zero-order valence-electron chi connectivity index (χ0n) is 12.2. The Kier molecular flexibility index (Phi) is 3.40. The molecule has 0 saturated heterocycles. The van der Waals surface area contributed by atoms with Gasteiger partial charge >= 0.3 is 0 Å². The number of nitrogens with zero attached hydrogens (tertiary/aromatic N) is 2. The Labute approximate surface area is 124 Å². The molecule has 0 aliphatic rings. The van der Waals surface area contributed by atoms with Crippen LogP contribution < -0.4 is 5.73 Å². The minimum atomic E-state index is 0.542. The van der Waals surface area contributed by atoms with Gasteiger partial charge in [0, 0.05) is 10.9 Å². The topological polar surface area (TPSA) is 51.3 Å². The smallest absolute Gasteiger partial charge is 0.0965 e. The summed E-state index contributed by atoms with van der Waals surface area (Å²) in [5, 5.41) is 1.18. The van der Waals surface area contributed by atoms with Gasteiger partial charge in [0.2, 0.25) is 0 Å². The molecule has 0 atom stereocenters. The molecule has 3 rings (SSSR count). The Bertz CT molecular complexity index is 831. The van der Waals surface area contributed by atoms with Gasteiger partial charge in [-0.1, -0.05) is 36.4 Å². The lowest BCUT2D eigenvalue weighted by atomic mass is 10.0. The van der Waals surface area contributed by atoms with Crippen LogP contribution in [0.1, 0.15) is 12.5 Å². The van der Waals surface area contributed by atoms with E-state index in [0.717, 1.165) is 22.5 Å². The second-order valence-corrected chi connectivity index (χ2v) is 5.11. The SMILES string of the molecule is CC(N)=Nc1ccccc1-c1cc(C)c2ccccc2n1. The maximum atomic E-state index is 5.72. The average Bonchev–Trinajstić information content (AvgIpc) is 2.47. The number of hydrogen-bond acceptors (Lipinski definition) is 2. The first kappa shape index (κ1) is 13.3. The number of aryl methyl sites for hydroxylation is 1. The number of rotatable bonds is 2. The minimum absolute atomic E-state index is 0.542. The third kappa shape index (κ3) is 2.63. The molecule has 0 radical (unpaired) electrons. The van der Waals surface area contributed by atoms with Crippen molar-refractivity contribution in [2.45, 2.75) is 13.8 Å². The lowest BCUT2D eigenvalue weighted by molar-refractivity contribution is 1.35. The summed E-state index contributed by atoms with van der Waals surface area (Å²) in [4.78, 5) is 9.16. The van der Waals surface area contributed by atoms with Crippen molar-refractivity contribution in [3.63, 3.8) is 0 Å². The van der Waals surface area contributed by atoms with Crippen LogP contribution in [0.5, 0.6) is 0 Å². The van der Waals surface area contributed by atoms with Crippen LogP contribution in [0.2, 0.25) is 0 Å². The summed E-state index contributed by atoms with van der Waals surface area (Å²) in [5.41, 5.74) is 10.7. The van der Waals surface area contributed by atoms with Crippen molar-refractivity contribution < 1.29 is 0 Å². The molecule has 3 heteroatoms. The van der Waals surface area contributed by atoms with Gasteiger partial charge in [-0.2, -0.15) is 0 Å². The molecule has 3 aromatic rings. The van der Waals surface area contributed by atoms with E-state index in [1.165, 1.54) is 10.9 Å². The Hall–Kier alpha value is -2.68. The highest BCUT2D eigenvalue weighted by Gasteiger charge is 2.08. The molecule has 21 heavy (non-hydrogen) atoms. The van der Waals surface area contributed by atoms with Crippen molar-refractivity contribution >= 4 is 22.4 Å². The second-order valence-electron chi connectivity index (χ2n) is 5.11. The van der Waals surface area contributed by atoms with Crippen molar-refractivity contribution in [1.82, 2.24) is 4.98 Å². The Balaban J connectivity index is 2.24. The molecule has 2 N–H and O–H groups in total. The first-order chi connectivity index (χ1) is 10.1. The standard InChI is InChI=1S/C18H17N3/c1-12-11-18(21-16-9-5-3-7-14(12)16)15-8-4-6-10-17(15)20-13(2)19/h3-11H,1-2H3,(H2,19,20). The van der Waals surface area contributed by atoms with Gasteiger partial charge in [0.1, 0.15) is 0 Å². The number of aromatic nitrogens is 1. The Morgan fingerprint density at radius 3 is 2.57 bits per heavy atom. The normalized spacial score (nSPS) is 11.8. The molecule has 0 amide bonds. The molecular weight excluding hydrogens is 258 g/mol. The van der Waals surface area contributed by atoms with Gasteiger partial charge in [-0.25, -0.2) is 9.98 Å².